The second-order valence-corrected chi connectivity index (χ2v) is 7.41. The van der Waals surface area contributed by atoms with Gasteiger partial charge in [0.05, 0.1) is 18.2 Å². The molecule has 0 spiro atoms. The molecule has 0 amide bonds. The van der Waals surface area contributed by atoms with E-state index in [1.807, 2.05) is 24.8 Å². The van der Waals surface area contributed by atoms with E-state index in [0.717, 1.165) is 48.0 Å². The van der Waals surface area contributed by atoms with Crippen molar-refractivity contribution in [3.05, 3.63) is 45.2 Å². The van der Waals surface area contributed by atoms with Crippen molar-refractivity contribution in [1.29, 1.82) is 0 Å². The summed E-state index contributed by atoms with van der Waals surface area (Å²) in [6.07, 6.45) is 2.30. The molecular formula is C20H27N3O2S. The van der Waals surface area contributed by atoms with Crippen LogP contribution in [0.25, 0.3) is 10.9 Å². The van der Waals surface area contributed by atoms with Gasteiger partial charge in [0.1, 0.15) is 0 Å². The lowest BCUT2D eigenvalue weighted by Crippen LogP contribution is -2.43. The number of ether oxygens (including phenoxy) is 1. The Morgan fingerprint density at radius 1 is 1.38 bits per heavy atom. The van der Waals surface area contributed by atoms with E-state index in [1.165, 1.54) is 5.56 Å². The third-order valence-corrected chi connectivity index (χ3v) is 5.20. The smallest absolute Gasteiger partial charge is 0.253 e. The molecule has 1 saturated heterocycles. The zero-order valence-electron chi connectivity index (χ0n) is 15.7. The van der Waals surface area contributed by atoms with E-state index in [4.69, 9.17) is 17.0 Å². The number of hydrogen-bond donors (Lipinski definition) is 2. The molecule has 0 aliphatic carbocycles. The van der Waals surface area contributed by atoms with Gasteiger partial charge in [0.25, 0.3) is 5.56 Å². The summed E-state index contributed by atoms with van der Waals surface area (Å²) in [6, 6.07) is 6.18. The van der Waals surface area contributed by atoms with Crippen LogP contribution in [0.4, 0.5) is 0 Å². The molecule has 1 aliphatic rings. The molecular weight excluding hydrogens is 346 g/mol. The summed E-state index contributed by atoms with van der Waals surface area (Å²) in [4.78, 5) is 17.7. The lowest BCUT2D eigenvalue weighted by molar-refractivity contribution is 0.0897. The fraction of sp³-hybridized carbons (Fsp3) is 0.500. The molecule has 0 radical (unpaired) electrons. The number of aryl methyl sites for hydroxylation is 2. The molecule has 0 saturated carbocycles. The molecule has 2 N–H and O–H groups in total. The van der Waals surface area contributed by atoms with Crippen molar-refractivity contribution in [3.63, 3.8) is 0 Å². The maximum atomic E-state index is 12.6. The Kier molecular flexibility index (Phi) is 5.94. The maximum absolute atomic E-state index is 12.6. The topological polar surface area (TPSA) is 57.4 Å². The molecule has 2 heterocycles. The zero-order valence-corrected chi connectivity index (χ0v) is 16.5. The highest BCUT2D eigenvalue weighted by Crippen LogP contribution is 2.19. The highest BCUT2D eigenvalue weighted by molar-refractivity contribution is 7.80. The Balaban J connectivity index is 1.90. The fourth-order valence-electron chi connectivity index (χ4n) is 3.57. The normalized spacial score (nSPS) is 16.8. The van der Waals surface area contributed by atoms with Crippen LogP contribution in [0.5, 0.6) is 0 Å². The monoisotopic (exact) mass is 373 g/mol. The van der Waals surface area contributed by atoms with Crippen molar-refractivity contribution in [2.75, 3.05) is 19.7 Å². The van der Waals surface area contributed by atoms with Crippen LogP contribution in [0.1, 0.15) is 36.5 Å². The van der Waals surface area contributed by atoms with Crippen LogP contribution in [0.15, 0.2) is 23.0 Å². The Bertz CT molecular complexity index is 856. The van der Waals surface area contributed by atoms with Crippen molar-refractivity contribution in [3.8, 4) is 0 Å². The summed E-state index contributed by atoms with van der Waals surface area (Å²) in [5.74, 6) is 0. The van der Waals surface area contributed by atoms with E-state index in [0.29, 0.717) is 18.2 Å². The number of thiocarbonyl (C=S) groups is 1. The fourth-order valence-corrected chi connectivity index (χ4v) is 3.86. The third-order valence-electron chi connectivity index (χ3n) is 4.79. The molecule has 1 fully saturated rings. The van der Waals surface area contributed by atoms with Gasteiger partial charge in [0.15, 0.2) is 5.11 Å². The van der Waals surface area contributed by atoms with Crippen molar-refractivity contribution in [2.45, 2.75) is 46.3 Å². The lowest BCUT2D eigenvalue weighted by Gasteiger charge is -2.28. The van der Waals surface area contributed by atoms with Gasteiger partial charge in [0.2, 0.25) is 0 Å². The minimum Gasteiger partial charge on any atom is -0.376 e. The van der Waals surface area contributed by atoms with Gasteiger partial charge in [-0.25, -0.2) is 0 Å². The molecule has 1 aliphatic heterocycles. The Morgan fingerprint density at radius 3 is 2.88 bits per heavy atom. The molecule has 1 unspecified atom stereocenters. The van der Waals surface area contributed by atoms with Crippen LogP contribution in [0, 0.1) is 13.8 Å². The summed E-state index contributed by atoms with van der Waals surface area (Å²) in [7, 11) is 0. The second kappa shape index (κ2) is 8.18. The first-order valence-electron chi connectivity index (χ1n) is 9.25. The van der Waals surface area contributed by atoms with Gasteiger partial charge in [-0.15, -0.1) is 0 Å². The minimum absolute atomic E-state index is 0.0545. The van der Waals surface area contributed by atoms with Gasteiger partial charge >= 0.3 is 0 Å². The molecule has 0 bridgehead atoms. The molecule has 1 aromatic carbocycles. The van der Waals surface area contributed by atoms with Gasteiger partial charge in [-0.3, -0.25) is 4.79 Å². The summed E-state index contributed by atoms with van der Waals surface area (Å²) >= 11 is 5.54. The average molecular weight is 374 g/mol. The predicted molar refractivity (Wildman–Crippen MR) is 110 cm³/mol. The van der Waals surface area contributed by atoms with Crippen molar-refractivity contribution in [2.24, 2.45) is 0 Å². The van der Waals surface area contributed by atoms with E-state index >= 15 is 0 Å². The molecule has 140 valence electrons. The Hall–Kier alpha value is -1.92. The maximum Gasteiger partial charge on any atom is 0.253 e. The van der Waals surface area contributed by atoms with Gasteiger partial charge < -0.3 is 19.9 Å². The van der Waals surface area contributed by atoms with Crippen LogP contribution in [-0.2, 0) is 11.3 Å². The third kappa shape index (κ3) is 4.24. The van der Waals surface area contributed by atoms with Crippen LogP contribution >= 0.6 is 12.2 Å². The number of aromatic nitrogens is 1. The molecule has 26 heavy (non-hydrogen) atoms. The first kappa shape index (κ1) is 18.9. The number of fused-ring (bicyclic) bond motifs is 1. The number of nitrogens with one attached hydrogen (secondary N) is 2. The molecule has 1 atom stereocenters. The van der Waals surface area contributed by atoms with Crippen LogP contribution in [0.2, 0.25) is 0 Å². The standard InChI is InChI=1S/C20H27N3O2S/c1-4-21-20(26)23(12-17-6-5-7-25-17)11-16-10-15-9-13(2)8-14(3)18(15)22-19(16)24/h8-10,17H,4-7,11-12H2,1-3H3,(H,21,26)(H,22,24). The van der Waals surface area contributed by atoms with Gasteiger partial charge in [-0.1, -0.05) is 11.6 Å². The SMILES string of the molecule is CCNC(=S)N(Cc1cc2cc(C)cc(C)c2[nH]c1=O)CC1CCCO1. The molecule has 5 nitrogen and oxygen atoms in total. The Morgan fingerprint density at radius 2 is 2.19 bits per heavy atom. The number of nitrogens with zero attached hydrogens (tertiary/aromatic N) is 1. The van der Waals surface area contributed by atoms with Gasteiger partial charge in [0, 0.05) is 25.3 Å². The number of hydrogen-bond acceptors (Lipinski definition) is 3. The Labute approximate surface area is 159 Å². The van der Waals surface area contributed by atoms with Crippen LogP contribution in [-0.4, -0.2) is 40.8 Å². The largest absolute Gasteiger partial charge is 0.376 e. The zero-order chi connectivity index (χ0) is 18.7. The van der Waals surface area contributed by atoms with Crippen molar-refractivity contribution >= 4 is 28.2 Å². The van der Waals surface area contributed by atoms with Crippen LogP contribution in [0.3, 0.4) is 0 Å². The highest BCUT2D eigenvalue weighted by Gasteiger charge is 2.22. The van der Waals surface area contributed by atoms with E-state index in [1.54, 1.807) is 0 Å². The predicted octanol–water partition coefficient (Wildman–Crippen LogP) is 3.02. The summed E-state index contributed by atoms with van der Waals surface area (Å²) < 4.78 is 5.77. The summed E-state index contributed by atoms with van der Waals surface area (Å²) in [5, 5.41) is 4.93. The highest BCUT2D eigenvalue weighted by atomic mass is 32.1. The number of benzene rings is 1. The van der Waals surface area contributed by atoms with Gasteiger partial charge in [-0.2, -0.15) is 0 Å². The molecule has 1 aromatic heterocycles. The van der Waals surface area contributed by atoms with E-state index < -0.39 is 0 Å². The molecule has 3 rings (SSSR count). The lowest BCUT2D eigenvalue weighted by atomic mass is 10.1. The first-order chi connectivity index (χ1) is 12.5. The number of rotatable bonds is 5. The number of H-pyrrole nitrogens is 1. The summed E-state index contributed by atoms with van der Waals surface area (Å²) in [5.41, 5.74) is 3.85. The molecule has 6 heteroatoms. The summed E-state index contributed by atoms with van der Waals surface area (Å²) in [6.45, 7) is 8.86. The van der Waals surface area contributed by atoms with Crippen molar-refractivity contribution in [1.82, 2.24) is 15.2 Å². The van der Waals surface area contributed by atoms with E-state index in [-0.39, 0.29) is 11.7 Å². The number of aromatic amines is 1. The van der Waals surface area contributed by atoms with Crippen molar-refractivity contribution < 1.29 is 4.74 Å². The average Bonchev–Trinajstić information content (AvgIpc) is 3.09. The first-order valence-corrected chi connectivity index (χ1v) is 9.66. The minimum atomic E-state index is -0.0545. The second-order valence-electron chi connectivity index (χ2n) is 7.02. The van der Waals surface area contributed by atoms with E-state index in [2.05, 4.69) is 29.4 Å². The molecule has 2 aromatic rings. The quantitative estimate of drug-likeness (QED) is 0.789. The van der Waals surface area contributed by atoms with Crippen LogP contribution < -0.4 is 10.9 Å². The van der Waals surface area contributed by atoms with Gasteiger partial charge in [-0.05, 0) is 68.9 Å². The van der Waals surface area contributed by atoms with E-state index in [9.17, 15) is 4.79 Å². The number of pyridine rings is 1.